The molecule has 0 radical (unpaired) electrons. The number of carbonyl (C=O) groups is 2. The number of carbonyl (C=O) groups excluding carboxylic acids is 2. The highest BCUT2D eigenvalue weighted by Gasteiger charge is 2.58. The van der Waals surface area contributed by atoms with Gasteiger partial charge in [0.25, 0.3) is 5.91 Å². The predicted octanol–water partition coefficient (Wildman–Crippen LogP) is 4.65. The molecule has 3 N–H and O–H groups in total. The summed E-state index contributed by atoms with van der Waals surface area (Å²) in [6.45, 7) is 6.60. The fraction of sp³-hybridized carbons (Fsp3) is 0.500. The van der Waals surface area contributed by atoms with E-state index < -0.39 is 22.9 Å². The van der Waals surface area contributed by atoms with Crippen molar-refractivity contribution in [3.05, 3.63) is 64.4 Å². The molecule has 3 fully saturated rings. The van der Waals surface area contributed by atoms with Gasteiger partial charge in [0.05, 0.1) is 16.5 Å². The third kappa shape index (κ3) is 5.52. The van der Waals surface area contributed by atoms with Crippen LogP contribution in [-0.4, -0.2) is 35.2 Å². The van der Waals surface area contributed by atoms with Crippen LogP contribution < -0.4 is 15.4 Å². The Labute approximate surface area is 216 Å². The van der Waals surface area contributed by atoms with Gasteiger partial charge in [0.15, 0.2) is 6.61 Å². The second-order valence-corrected chi connectivity index (χ2v) is 11.6. The van der Waals surface area contributed by atoms with Crippen molar-refractivity contribution in [2.75, 3.05) is 6.61 Å². The highest BCUT2D eigenvalue weighted by molar-refractivity contribution is 6.30. The van der Waals surface area contributed by atoms with Gasteiger partial charge in [0.1, 0.15) is 11.6 Å². The first-order valence-electron chi connectivity index (χ1n) is 12.4. The lowest BCUT2D eigenvalue weighted by molar-refractivity contribution is -0.156. The second kappa shape index (κ2) is 10.0. The minimum absolute atomic E-state index is 0.0185. The first-order valence-corrected chi connectivity index (χ1v) is 12.7. The molecule has 0 saturated heterocycles. The van der Waals surface area contributed by atoms with E-state index in [2.05, 4.69) is 43.5 Å². The van der Waals surface area contributed by atoms with Crippen molar-refractivity contribution in [3.8, 4) is 5.75 Å². The zero-order valence-corrected chi connectivity index (χ0v) is 21.8. The zero-order chi connectivity index (χ0) is 26.1. The first kappa shape index (κ1) is 26.4. The summed E-state index contributed by atoms with van der Waals surface area (Å²) in [6, 6.07) is 12.2. The van der Waals surface area contributed by atoms with Gasteiger partial charge in [-0.25, -0.2) is 4.39 Å². The molecule has 0 aromatic heterocycles. The average Bonchev–Trinajstić information content (AvgIpc) is 2.83. The van der Waals surface area contributed by atoms with Crippen molar-refractivity contribution in [3.63, 3.8) is 0 Å². The van der Waals surface area contributed by atoms with Crippen LogP contribution in [0.25, 0.3) is 0 Å². The topological polar surface area (TPSA) is 87.7 Å². The number of nitrogens with one attached hydrogen (secondary N) is 2. The minimum Gasteiger partial charge on any atom is -0.484 e. The van der Waals surface area contributed by atoms with Gasteiger partial charge in [-0.3, -0.25) is 9.59 Å². The van der Waals surface area contributed by atoms with Gasteiger partial charge >= 0.3 is 0 Å². The smallest absolute Gasteiger partial charge is 0.258 e. The van der Waals surface area contributed by atoms with Crippen LogP contribution in [0.5, 0.6) is 5.75 Å². The molecule has 2 aromatic rings. The van der Waals surface area contributed by atoms with E-state index in [1.165, 1.54) is 17.7 Å². The summed E-state index contributed by atoms with van der Waals surface area (Å²) in [5.74, 6) is -0.897. The summed E-state index contributed by atoms with van der Waals surface area (Å²) >= 11 is 5.67. The number of benzene rings is 2. The monoisotopic (exact) mass is 516 g/mol. The molecule has 0 aliphatic heterocycles. The Balaban J connectivity index is 1.30. The molecule has 5 rings (SSSR count). The molecule has 2 aromatic carbocycles. The molecule has 1 unspecified atom stereocenters. The van der Waals surface area contributed by atoms with E-state index in [9.17, 15) is 19.1 Å². The SMILES string of the molecule is CC(C)(C)c1ccc(CNC(=O)C23CCC(NC(=O)COc4ccc(Cl)c(F)c4)(CC2)CC3O)cc1. The van der Waals surface area contributed by atoms with Gasteiger partial charge in [0.2, 0.25) is 5.91 Å². The molecular weight excluding hydrogens is 483 g/mol. The maximum atomic E-state index is 13.6. The Hall–Kier alpha value is -2.64. The van der Waals surface area contributed by atoms with Gasteiger partial charge < -0.3 is 20.5 Å². The Morgan fingerprint density at radius 2 is 1.78 bits per heavy atom. The number of amides is 2. The molecule has 3 saturated carbocycles. The van der Waals surface area contributed by atoms with Gasteiger partial charge in [-0.05, 0) is 60.8 Å². The lowest BCUT2D eigenvalue weighted by Crippen LogP contribution is -2.65. The molecule has 0 heterocycles. The Morgan fingerprint density at radius 1 is 1.11 bits per heavy atom. The highest BCUT2D eigenvalue weighted by Crippen LogP contribution is 2.52. The van der Waals surface area contributed by atoms with Crippen LogP contribution in [0.2, 0.25) is 5.02 Å². The number of hydrogen-bond donors (Lipinski definition) is 3. The van der Waals surface area contributed by atoms with Crippen LogP contribution in [-0.2, 0) is 21.5 Å². The number of rotatable bonds is 7. The van der Waals surface area contributed by atoms with Crippen molar-refractivity contribution >= 4 is 23.4 Å². The number of aliphatic hydroxyl groups excluding tert-OH is 1. The van der Waals surface area contributed by atoms with E-state index in [4.69, 9.17) is 16.3 Å². The maximum absolute atomic E-state index is 13.6. The van der Waals surface area contributed by atoms with E-state index in [0.717, 1.165) is 11.6 Å². The molecular formula is C28H34ClFN2O4. The summed E-state index contributed by atoms with van der Waals surface area (Å²) in [7, 11) is 0. The number of hydrogen-bond acceptors (Lipinski definition) is 4. The standard InChI is InChI=1S/C28H34ClFN2O4/c1-26(2,3)19-6-4-18(5-7-19)16-31-25(35)28-12-10-27(11-13-28,15-23(28)33)32-24(34)17-36-20-8-9-21(29)22(30)14-20/h4-9,14,23,33H,10-13,15-17H2,1-3H3,(H,31,35)(H,32,34). The molecule has 194 valence electrons. The average molecular weight is 517 g/mol. The normalized spacial score (nSPS) is 25.3. The third-order valence-corrected chi connectivity index (χ3v) is 8.02. The highest BCUT2D eigenvalue weighted by atomic mass is 35.5. The maximum Gasteiger partial charge on any atom is 0.258 e. The van der Waals surface area contributed by atoms with E-state index in [1.54, 1.807) is 0 Å². The van der Waals surface area contributed by atoms with Gasteiger partial charge in [-0.2, -0.15) is 0 Å². The van der Waals surface area contributed by atoms with Gasteiger partial charge in [0, 0.05) is 18.2 Å². The molecule has 6 nitrogen and oxygen atoms in total. The Morgan fingerprint density at radius 3 is 2.36 bits per heavy atom. The number of halogens is 2. The second-order valence-electron chi connectivity index (χ2n) is 11.2. The lowest BCUT2D eigenvalue weighted by Gasteiger charge is -2.55. The summed E-state index contributed by atoms with van der Waals surface area (Å²) in [5, 5.41) is 17.0. The molecule has 2 bridgehead atoms. The Kier molecular flexibility index (Phi) is 7.35. The number of aliphatic hydroxyl groups is 1. The van der Waals surface area contributed by atoms with Crippen LogP contribution in [0.1, 0.15) is 64.0 Å². The lowest BCUT2D eigenvalue weighted by atomic mass is 9.55. The predicted molar refractivity (Wildman–Crippen MR) is 136 cm³/mol. The van der Waals surface area contributed by atoms with Crippen LogP contribution in [0, 0.1) is 11.2 Å². The van der Waals surface area contributed by atoms with Crippen molar-refractivity contribution in [2.24, 2.45) is 5.41 Å². The van der Waals surface area contributed by atoms with E-state index in [-0.39, 0.29) is 34.6 Å². The molecule has 3 aliphatic carbocycles. The summed E-state index contributed by atoms with van der Waals surface area (Å²) in [5.41, 5.74) is 0.897. The van der Waals surface area contributed by atoms with Crippen LogP contribution in [0.15, 0.2) is 42.5 Å². The largest absolute Gasteiger partial charge is 0.484 e. The van der Waals surface area contributed by atoms with Crippen molar-refractivity contribution < 1.29 is 23.8 Å². The first-order chi connectivity index (χ1) is 16.9. The van der Waals surface area contributed by atoms with Gasteiger partial charge in [-0.15, -0.1) is 0 Å². The van der Waals surface area contributed by atoms with Crippen LogP contribution in [0.3, 0.4) is 0 Å². The summed E-state index contributed by atoms with van der Waals surface area (Å²) < 4.78 is 19.0. The van der Waals surface area contributed by atoms with E-state index >= 15 is 0 Å². The van der Waals surface area contributed by atoms with Crippen LogP contribution in [0.4, 0.5) is 4.39 Å². The quantitative estimate of drug-likeness (QED) is 0.500. The Bertz CT molecular complexity index is 1120. The van der Waals surface area contributed by atoms with Crippen molar-refractivity contribution in [2.45, 2.75) is 76.5 Å². The third-order valence-electron chi connectivity index (χ3n) is 7.71. The molecule has 0 spiro atoms. The van der Waals surface area contributed by atoms with Crippen molar-refractivity contribution in [1.29, 1.82) is 0 Å². The fourth-order valence-corrected chi connectivity index (χ4v) is 5.48. The molecule has 2 amide bonds. The van der Waals surface area contributed by atoms with E-state index in [1.807, 2.05) is 12.1 Å². The van der Waals surface area contributed by atoms with Crippen LogP contribution >= 0.6 is 11.6 Å². The summed E-state index contributed by atoms with van der Waals surface area (Å²) in [6.07, 6.45) is 1.63. The van der Waals surface area contributed by atoms with Crippen molar-refractivity contribution in [1.82, 2.24) is 10.6 Å². The molecule has 3 aliphatic rings. The molecule has 36 heavy (non-hydrogen) atoms. The number of fused-ring (bicyclic) bond motifs is 3. The van der Waals surface area contributed by atoms with E-state index in [0.29, 0.717) is 38.6 Å². The molecule has 1 atom stereocenters. The van der Waals surface area contributed by atoms with Gasteiger partial charge in [-0.1, -0.05) is 56.6 Å². The minimum atomic E-state index is -0.852. The number of ether oxygens (including phenoxy) is 1. The summed E-state index contributed by atoms with van der Waals surface area (Å²) in [4.78, 5) is 25.8. The fourth-order valence-electron chi connectivity index (χ4n) is 5.36. The molecule has 8 heteroatoms. The zero-order valence-electron chi connectivity index (χ0n) is 21.0.